The fourth-order valence-electron chi connectivity index (χ4n) is 1.44. The van der Waals surface area contributed by atoms with E-state index in [1.54, 1.807) is 0 Å². The van der Waals surface area contributed by atoms with Crippen LogP contribution in [0.15, 0.2) is 12.0 Å². The van der Waals surface area contributed by atoms with Gasteiger partial charge in [0.1, 0.15) is 0 Å². The van der Waals surface area contributed by atoms with Crippen LogP contribution in [0.3, 0.4) is 0 Å². The van der Waals surface area contributed by atoms with Crippen molar-refractivity contribution in [2.45, 2.75) is 12.5 Å². The van der Waals surface area contributed by atoms with Crippen LogP contribution in [-0.2, 0) is 19.7 Å². The smallest absolute Gasteiger partial charge is 0.172 e. The second-order valence-corrected chi connectivity index (χ2v) is 7.88. The molecule has 0 bridgehead atoms. The minimum atomic E-state index is -3.19. The maximum atomic E-state index is 11.1. The zero-order valence-corrected chi connectivity index (χ0v) is 9.98. The molecule has 1 unspecified atom stereocenters. The Kier molecular flexibility index (Phi) is 3.91. The van der Waals surface area contributed by atoms with E-state index in [-0.39, 0.29) is 29.8 Å². The Morgan fingerprint density at radius 3 is 2.60 bits per heavy atom. The Balaban J connectivity index is 2.32. The molecule has 1 atom stereocenters. The van der Waals surface area contributed by atoms with Crippen molar-refractivity contribution in [1.29, 1.82) is 0 Å². The average molecular weight is 253 g/mol. The van der Waals surface area contributed by atoms with Crippen LogP contribution in [0.25, 0.3) is 0 Å². The third-order valence-electron chi connectivity index (χ3n) is 2.31. The molecule has 0 saturated carbocycles. The van der Waals surface area contributed by atoms with Crippen molar-refractivity contribution < 1.29 is 16.8 Å². The van der Waals surface area contributed by atoms with E-state index in [0.29, 0.717) is 6.42 Å². The summed E-state index contributed by atoms with van der Waals surface area (Å²) in [5.41, 5.74) is 0. The highest BCUT2D eigenvalue weighted by Gasteiger charge is 2.27. The molecular formula is C8H15NO4S2. The second kappa shape index (κ2) is 4.63. The summed E-state index contributed by atoms with van der Waals surface area (Å²) < 4.78 is 44.2. The molecule has 88 valence electrons. The maximum absolute atomic E-state index is 11.1. The predicted molar refractivity (Wildman–Crippen MR) is 59.0 cm³/mol. The lowest BCUT2D eigenvalue weighted by Crippen LogP contribution is -2.33. The first-order valence-electron chi connectivity index (χ1n) is 4.64. The molecule has 1 heterocycles. The molecular weight excluding hydrogens is 238 g/mol. The van der Waals surface area contributed by atoms with E-state index in [2.05, 4.69) is 11.9 Å². The van der Waals surface area contributed by atoms with Gasteiger partial charge in [0.15, 0.2) is 19.7 Å². The second-order valence-electron chi connectivity index (χ2n) is 3.59. The average Bonchev–Trinajstić information content (AvgIpc) is 2.45. The first kappa shape index (κ1) is 12.7. The van der Waals surface area contributed by atoms with Crippen molar-refractivity contribution in [3.63, 3.8) is 0 Å². The van der Waals surface area contributed by atoms with Crippen molar-refractivity contribution in [2.24, 2.45) is 0 Å². The molecule has 0 aromatic carbocycles. The fourth-order valence-corrected chi connectivity index (χ4v) is 3.72. The van der Waals surface area contributed by atoms with E-state index < -0.39 is 19.7 Å². The Labute approximate surface area is 90.4 Å². The molecule has 7 heteroatoms. The van der Waals surface area contributed by atoms with Crippen LogP contribution in [-0.4, -0.2) is 46.7 Å². The minimum Gasteiger partial charge on any atom is -0.312 e. The van der Waals surface area contributed by atoms with Crippen LogP contribution < -0.4 is 5.32 Å². The van der Waals surface area contributed by atoms with Crippen LogP contribution in [0.4, 0.5) is 0 Å². The SMILES string of the molecule is C=CS(=O)(=O)CCNC1CCS(=O)(=O)C1. The van der Waals surface area contributed by atoms with E-state index in [1.807, 2.05) is 0 Å². The van der Waals surface area contributed by atoms with Crippen molar-refractivity contribution >= 4 is 19.7 Å². The molecule has 0 aliphatic carbocycles. The summed E-state index contributed by atoms with van der Waals surface area (Å²) >= 11 is 0. The summed E-state index contributed by atoms with van der Waals surface area (Å²) in [6.45, 7) is 3.47. The standard InChI is InChI=1S/C8H15NO4S2/c1-2-14(10,11)6-4-9-8-3-5-15(12,13)7-8/h2,8-9H,1,3-7H2. The van der Waals surface area contributed by atoms with E-state index in [9.17, 15) is 16.8 Å². The van der Waals surface area contributed by atoms with Crippen molar-refractivity contribution in [3.05, 3.63) is 12.0 Å². The zero-order valence-electron chi connectivity index (χ0n) is 8.35. The molecule has 1 aliphatic heterocycles. The van der Waals surface area contributed by atoms with Crippen molar-refractivity contribution in [2.75, 3.05) is 23.8 Å². The van der Waals surface area contributed by atoms with Gasteiger partial charge in [-0.25, -0.2) is 16.8 Å². The van der Waals surface area contributed by atoms with E-state index in [4.69, 9.17) is 0 Å². The third-order valence-corrected chi connectivity index (χ3v) is 5.35. The Morgan fingerprint density at radius 2 is 2.13 bits per heavy atom. The molecule has 0 aromatic heterocycles. The highest BCUT2D eigenvalue weighted by molar-refractivity contribution is 7.94. The number of hydrogen-bond donors (Lipinski definition) is 1. The molecule has 0 radical (unpaired) electrons. The van der Waals surface area contributed by atoms with Gasteiger partial charge in [0.05, 0.1) is 17.3 Å². The van der Waals surface area contributed by atoms with E-state index in [1.165, 1.54) is 0 Å². The quantitative estimate of drug-likeness (QED) is 0.702. The van der Waals surface area contributed by atoms with Crippen LogP contribution in [0.2, 0.25) is 0 Å². The predicted octanol–water partition coefficient (Wildman–Crippen LogP) is -0.679. The monoisotopic (exact) mass is 253 g/mol. The van der Waals surface area contributed by atoms with Gasteiger partial charge in [-0.1, -0.05) is 6.58 Å². The van der Waals surface area contributed by atoms with Gasteiger partial charge in [0.25, 0.3) is 0 Å². The topological polar surface area (TPSA) is 80.3 Å². The molecule has 1 aliphatic rings. The molecule has 0 spiro atoms. The summed E-state index contributed by atoms with van der Waals surface area (Å²) in [6.07, 6.45) is 0.566. The molecule has 0 aromatic rings. The lowest BCUT2D eigenvalue weighted by atomic mass is 10.3. The molecule has 5 nitrogen and oxygen atoms in total. The normalized spacial score (nSPS) is 25.2. The zero-order chi connectivity index (χ0) is 11.5. The van der Waals surface area contributed by atoms with Crippen LogP contribution >= 0.6 is 0 Å². The van der Waals surface area contributed by atoms with Gasteiger partial charge in [-0.2, -0.15) is 0 Å². The van der Waals surface area contributed by atoms with Crippen LogP contribution in [0.1, 0.15) is 6.42 Å². The number of rotatable bonds is 5. The summed E-state index contributed by atoms with van der Waals surface area (Å²) in [5.74, 6) is 0.271. The highest BCUT2D eigenvalue weighted by Crippen LogP contribution is 2.10. The van der Waals surface area contributed by atoms with Gasteiger partial charge in [-0.15, -0.1) is 0 Å². The number of sulfone groups is 2. The van der Waals surface area contributed by atoms with Gasteiger partial charge in [0.2, 0.25) is 0 Å². The largest absolute Gasteiger partial charge is 0.312 e. The van der Waals surface area contributed by atoms with Gasteiger partial charge < -0.3 is 5.32 Å². The Bertz CT molecular complexity index is 424. The summed E-state index contributed by atoms with van der Waals surface area (Å²) in [7, 11) is -6.09. The molecule has 1 rings (SSSR count). The highest BCUT2D eigenvalue weighted by atomic mass is 32.2. The van der Waals surface area contributed by atoms with E-state index >= 15 is 0 Å². The van der Waals surface area contributed by atoms with Gasteiger partial charge in [-0.05, 0) is 6.42 Å². The summed E-state index contributed by atoms with van der Waals surface area (Å²) in [5, 5.41) is 3.84. The van der Waals surface area contributed by atoms with Gasteiger partial charge in [0, 0.05) is 18.0 Å². The molecule has 1 N–H and O–H groups in total. The molecule has 15 heavy (non-hydrogen) atoms. The Hall–Kier alpha value is -0.400. The van der Waals surface area contributed by atoms with Crippen molar-refractivity contribution in [1.82, 2.24) is 5.32 Å². The first-order valence-corrected chi connectivity index (χ1v) is 8.17. The maximum Gasteiger partial charge on any atom is 0.172 e. The summed E-state index contributed by atoms with van der Waals surface area (Å²) in [4.78, 5) is 0. The number of hydrogen-bond acceptors (Lipinski definition) is 5. The van der Waals surface area contributed by atoms with Crippen LogP contribution in [0.5, 0.6) is 0 Å². The Morgan fingerprint density at radius 1 is 1.47 bits per heavy atom. The third kappa shape index (κ3) is 4.31. The summed E-state index contributed by atoms with van der Waals surface area (Å²) in [6, 6.07) is -0.102. The van der Waals surface area contributed by atoms with Gasteiger partial charge >= 0.3 is 0 Å². The fraction of sp³-hybridized carbons (Fsp3) is 0.750. The van der Waals surface area contributed by atoms with E-state index in [0.717, 1.165) is 5.41 Å². The molecule has 1 fully saturated rings. The number of nitrogens with one attached hydrogen (secondary N) is 1. The van der Waals surface area contributed by atoms with Crippen molar-refractivity contribution in [3.8, 4) is 0 Å². The minimum absolute atomic E-state index is 0.0347. The molecule has 1 saturated heterocycles. The lowest BCUT2D eigenvalue weighted by molar-refractivity contribution is 0.563. The first-order chi connectivity index (χ1) is 6.85. The van der Waals surface area contributed by atoms with Crippen LogP contribution in [0, 0.1) is 0 Å². The van der Waals surface area contributed by atoms with Gasteiger partial charge in [-0.3, -0.25) is 0 Å². The molecule has 0 amide bonds. The lowest BCUT2D eigenvalue weighted by Gasteiger charge is -2.09.